The number of hydrogen-bond acceptors (Lipinski definition) is 3. The summed E-state index contributed by atoms with van der Waals surface area (Å²) in [6.45, 7) is 3.78. The summed E-state index contributed by atoms with van der Waals surface area (Å²) in [6, 6.07) is 5.82. The second kappa shape index (κ2) is 7.80. The Morgan fingerprint density at radius 2 is 1.80 bits per heavy atom. The zero-order chi connectivity index (χ0) is 18.6. The molecule has 0 aliphatic carbocycles. The standard InChI is InChI=1S/C18H24F2N2O3/c1-18(2,3)16(24)22-10-8-12(9-11-22)21-15(23)13-6-4-5-7-14(13)25-17(19)20/h4-7,12,17H,8-11H2,1-3H3,(H,21,23). The number of piperidine rings is 1. The molecule has 25 heavy (non-hydrogen) atoms. The fourth-order valence-corrected chi connectivity index (χ4v) is 2.82. The molecule has 1 aromatic carbocycles. The van der Waals surface area contributed by atoms with E-state index in [9.17, 15) is 18.4 Å². The third-order valence-corrected chi connectivity index (χ3v) is 4.11. The lowest BCUT2D eigenvalue weighted by Gasteiger charge is -2.36. The van der Waals surface area contributed by atoms with Crippen molar-refractivity contribution >= 4 is 11.8 Å². The summed E-state index contributed by atoms with van der Waals surface area (Å²) >= 11 is 0. The maximum absolute atomic E-state index is 12.4. The molecule has 0 unspecified atom stereocenters. The number of carbonyl (C=O) groups is 2. The van der Waals surface area contributed by atoms with E-state index in [-0.39, 0.29) is 23.3 Å². The summed E-state index contributed by atoms with van der Waals surface area (Å²) in [5, 5.41) is 2.85. The number of halogens is 2. The van der Waals surface area contributed by atoms with Crippen molar-refractivity contribution in [3.8, 4) is 5.75 Å². The van der Waals surface area contributed by atoms with Gasteiger partial charge in [-0.25, -0.2) is 0 Å². The monoisotopic (exact) mass is 354 g/mol. The summed E-state index contributed by atoms with van der Waals surface area (Å²) in [5.74, 6) is -0.500. The first-order valence-corrected chi connectivity index (χ1v) is 8.32. The Labute approximate surface area is 146 Å². The molecule has 1 aliphatic heterocycles. The Bertz CT molecular complexity index is 621. The van der Waals surface area contributed by atoms with Gasteiger partial charge in [-0.3, -0.25) is 9.59 Å². The van der Waals surface area contributed by atoms with Crippen molar-refractivity contribution in [1.29, 1.82) is 0 Å². The van der Waals surface area contributed by atoms with Gasteiger partial charge in [0, 0.05) is 24.5 Å². The van der Waals surface area contributed by atoms with Gasteiger partial charge in [-0.05, 0) is 25.0 Å². The SMILES string of the molecule is CC(C)(C)C(=O)N1CCC(NC(=O)c2ccccc2OC(F)F)CC1. The molecular formula is C18H24F2N2O3. The van der Waals surface area contributed by atoms with E-state index in [0.717, 1.165) is 0 Å². The number of para-hydroxylation sites is 1. The van der Waals surface area contributed by atoms with Gasteiger partial charge in [0.15, 0.2) is 0 Å². The van der Waals surface area contributed by atoms with E-state index in [2.05, 4.69) is 10.1 Å². The van der Waals surface area contributed by atoms with E-state index < -0.39 is 17.9 Å². The van der Waals surface area contributed by atoms with Crippen LogP contribution in [0.1, 0.15) is 44.0 Å². The molecule has 1 saturated heterocycles. The molecule has 2 rings (SSSR count). The minimum atomic E-state index is -2.99. The molecule has 1 heterocycles. The number of benzene rings is 1. The number of rotatable bonds is 4. The first-order valence-electron chi connectivity index (χ1n) is 8.32. The third-order valence-electron chi connectivity index (χ3n) is 4.11. The molecule has 2 amide bonds. The van der Waals surface area contributed by atoms with Crippen molar-refractivity contribution in [3.63, 3.8) is 0 Å². The second-order valence-electron chi connectivity index (χ2n) is 7.16. The number of likely N-dealkylation sites (tertiary alicyclic amines) is 1. The minimum Gasteiger partial charge on any atom is -0.434 e. The molecule has 0 atom stereocenters. The Hall–Kier alpha value is -2.18. The Kier molecular flexibility index (Phi) is 5.98. The topological polar surface area (TPSA) is 58.6 Å². The second-order valence-corrected chi connectivity index (χ2v) is 7.16. The van der Waals surface area contributed by atoms with Gasteiger partial charge < -0.3 is 15.0 Å². The lowest BCUT2D eigenvalue weighted by atomic mass is 9.93. The Balaban J connectivity index is 1.94. The molecule has 0 bridgehead atoms. The van der Waals surface area contributed by atoms with Gasteiger partial charge in [0.2, 0.25) is 5.91 Å². The molecule has 0 aromatic heterocycles. The summed E-state index contributed by atoms with van der Waals surface area (Å²) in [7, 11) is 0. The van der Waals surface area contributed by atoms with Gasteiger partial charge in [-0.1, -0.05) is 32.9 Å². The molecule has 1 aliphatic rings. The van der Waals surface area contributed by atoms with E-state index >= 15 is 0 Å². The van der Waals surface area contributed by atoms with Crippen molar-refractivity contribution < 1.29 is 23.1 Å². The van der Waals surface area contributed by atoms with Crippen LogP contribution < -0.4 is 10.1 Å². The van der Waals surface area contributed by atoms with Crippen LogP contribution >= 0.6 is 0 Å². The van der Waals surface area contributed by atoms with Crippen LogP contribution in [0.5, 0.6) is 5.75 Å². The Morgan fingerprint density at radius 1 is 1.20 bits per heavy atom. The zero-order valence-electron chi connectivity index (χ0n) is 14.7. The van der Waals surface area contributed by atoms with Crippen LogP contribution in [0.25, 0.3) is 0 Å². The molecule has 1 aromatic rings. The third kappa shape index (κ3) is 5.14. The smallest absolute Gasteiger partial charge is 0.387 e. The molecular weight excluding hydrogens is 330 g/mol. The average Bonchev–Trinajstić information content (AvgIpc) is 2.54. The number of nitrogens with zero attached hydrogens (tertiary/aromatic N) is 1. The maximum atomic E-state index is 12.4. The molecule has 1 N–H and O–H groups in total. The van der Waals surface area contributed by atoms with Crippen molar-refractivity contribution in [2.75, 3.05) is 13.1 Å². The van der Waals surface area contributed by atoms with Gasteiger partial charge in [0.25, 0.3) is 5.91 Å². The maximum Gasteiger partial charge on any atom is 0.387 e. The minimum absolute atomic E-state index is 0.0796. The van der Waals surface area contributed by atoms with Crippen molar-refractivity contribution in [2.45, 2.75) is 46.3 Å². The van der Waals surface area contributed by atoms with E-state index in [4.69, 9.17) is 0 Å². The van der Waals surface area contributed by atoms with Gasteiger partial charge in [0.1, 0.15) is 5.75 Å². The summed E-state index contributed by atoms with van der Waals surface area (Å²) in [6.07, 6.45) is 1.26. The summed E-state index contributed by atoms with van der Waals surface area (Å²) in [5.41, 5.74) is -0.349. The summed E-state index contributed by atoms with van der Waals surface area (Å²) < 4.78 is 29.3. The van der Waals surface area contributed by atoms with Crippen molar-refractivity contribution in [2.24, 2.45) is 5.41 Å². The van der Waals surface area contributed by atoms with Crippen LogP contribution in [-0.2, 0) is 4.79 Å². The van der Waals surface area contributed by atoms with E-state index in [0.29, 0.717) is 25.9 Å². The molecule has 0 radical (unpaired) electrons. The Morgan fingerprint density at radius 3 is 2.36 bits per heavy atom. The molecule has 138 valence electrons. The quantitative estimate of drug-likeness (QED) is 0.904. The number of ether oxygens (including phenoxy) is 1. The highest BCUT2D eigenvalue weighted by molar-refractivity contribution is 5.97. The van der Waals surface area contributed by atoms with Crippen LogP contribution in [0.15, 0.2) is 24.3 Å². The number of amides is 2. The number of carbonyl (C=O) groups excluding carboxylic acids is 2. The first kappa shape index (κ1) is 19.1. The lowest BCUT2D eigenvalue weighted by molar-refractivity contribution is -0.140. The van der Waals surface area contributed by atoms with Crippen LogP contribution in [0.3, 0.4) is 0 Å². The fourth-order valence-electron chi connectivity index (χ4n) is 2.82. The van der Waals surface area contributed by atoms with E-state index in [1.54, 1.807) is 11.0 Å². The van der Waals surface area contributed by atoms with Crippen molar-refractivity contribution in [1.82, 2.24) is 10.2 Å². The van der Waals surface area contributed by atoms with Gasteiger partial charge >= 0.3 is 6.61 Å². The van der Waals surface area contributed by atoms with Crippen LogP contribution in [0, 0.1) is 5.41 Å². The number of hydrogen-bond donors (Lipinski definition) is 1. The van der Waals surface area contributed by atoms with Gasteiger partial charge in [-0.15, -0.1) is 0 Å². The van der Waals surface area contributed by atoms with Gasteiger partial charge in [0.05, 0.1) is 5.56 Å². The molecule has 7 heteroatoms. The lowest BCUT2D eigenvalue weighted by Crippen LogP contribution is -2.49. The largest absolute Gasteiger partial charge is 0.434 e. The zero-order valence-corrected chi connectivity index (χ0v) is 14.7. The van der Waals surface area contributed by atoms with E-state index in [1.807, 2.05) is 20.8 Å². The van der Waals surface area contributed by atoms with Crippen molar-refractivity contribution in [3.05, 3.63) is 29.8 Å². The average molecular weight is 354 g/mol. The van der Waals surface area contributed by atoms with Crippen LogP contribution in [-0.4, -0.2) is 42.5 Å². The normalized spacial score (nSPS) is 16.0. The predicted octanol–water partition coefficient (Wildman–Crippen LogP) is 3.05. The van der Waals surface area contributed by atoms with Gasteiger partial charge in [-0.2, -0.15) is 8.78 Å². The predicted molar refractivity (Wildman–Crippen MR) is 89.6 cm³/mol. The molecule has 5 nitrogen and oxygen atoms in total. The number of nitrogens with one attached hydrogen (secondary N) is 1. The molecule has 1 fully saturated rings. The van der Waals surface area contributed by atoms with Crippen LogP contribution in [0.2, 0.25) is 0 Å². The molecule has 0 spiro atoms. The summed E-state index contributed by atoms with van der Waals surface area (Å²) in [4.78, 5) is 26.4. The number of alkyl halides is 2. The fraction of sp³-hybridized carbons (Fsp3) is 0.556. The highest BCUT2D eigenvalue weighted by Gasteiger charge is 2.31. The first-order chi connectivity index (χ1) is 11.7. The van der Waals surface area contributed by atoms with E-state index in [1.165, 1.54) is 18.2 Å². The van der Waals surface area contributed by atoms with Crippen LogP contribution in [0.4, 0.5) is 8.78 Å². The highest BCUT2D eigenvalue weighted by Crippen LogP contribution is 2.23. The molecule has 0 saturated carbocycles. The highest BCUT2D eigenvalue weighted by atomic mass is 19.3.